The van der Waals surface area contributed by atoms with Gasteiger partial charge in [0.15, 0.2) is 0 Å². The van der Waals surface area contributed by atoms with Crippen molar-refractivity contribution in [3.05, 3.63) is 54.0 Å². The number of nitrogens with one attached hydrogen (secondary N) is 1. The zero-order valence-electron chi connectivity index (χ0n) is 12.8. The van der Waals surface area contributed by atoms with Crippen LogP contribution < -0.4 is 10.1 Å². The Morgan fingerprint density at radius 2 is 2.17 bits per heavy atom. The quantitative estimate of drug-likeness (QED) is 0.881. The number of carbonyl (C=O) groups is 1. The number of pyridine rings is 2. The number of rotatable bonds is 6. The van der Waals surface area contributed by atoms with Crippen LogP contribution >= 0.6 is 11.8 Å². The van der Waals surface area contributed by atoms with E-state index in [4.69, 9.17) is 4.74 Å². The second-order valence-corrected chi connectivity index (χ2v) is 6.47. The highest BCUT2D eigenvalue weighted by Crippen LogP contribution is 2.24. The fraction of sp³-hybridized carbons (Fsp3) is 0.353. The minimum absolute atomic E-state index is 0.146. The first-order valence-corrected chi connectivity index (χ1v) is 8.85. The molecule has 1 fully saturated rings. The average Bonchev–Trinajstić information content (AvgIpc) is 3.09. The summed E-state index contributed by atoms with van der Waals surface area (Å²) in [6.07, 6.45) is 7.09. The van der Waals surface area contributed by atoms with Gasteiger partial charge in [-0.3, -0.25) is 9.78 Å². The van der Waals surface area contributed by atoms with E-state index in [1.165, 1.54) is 0 Å². The van der Waals surface area contributed by atoms with E-state index in [-0.39, 0.29) is 12.0 Å². The van der Waals surface area contributed by atoms with Crippen molar-refractivity contribution in [3.8, 4) is 5.88 Å². The van der Waals surface area contributed by atoms with E-state index in [2.05, 4.69) is 15.3 Å². The number of amides is 1. The zero-order valence-corrected chi connectivity index (χ0v) is 13.6. The third-order valence-electron chi connectivity index (χ3n) is 3.63. The van der Waals surface area contributed by atoms with Crippen LogP contribution in [0.1, 0.15) is 22.3 Å². The van der Waals surface area contributed by atoms with Crippen LogP contribution in [0, 0.1) is 0 Å². The van der Waals surface area contributed by atoms with Crippen molar-refractivity contribution in [1.82, 2.24) is 15.3 Å². The van der Waals surface area contributed by atoms with E-state index < -0.39 is 0 Å². The molecule has 6 heteroatoms. The number of carbonyl (C=O) groups excluding carboxylic acids is 1. The maximum absolute atomic E-state index is 12.4. The van der Waals surface area contributed by atoms with Crippen LogP contribution in [0.15, 0.2) is 42.9 Å². The molecule has 1 N–H and O–H groups in total. The molecule has 0 radical (unpaired) electrons. The molecule has 3 rings (SSSR count). The summed E-state index contributed by atoms with van der Waals surface area (Å²) in [6.45, 7) is 0.566. The van der Waals surface area contributed by atoms with Crippen molar-refractivity contribution < 1.29 is 9.53 Å². The van der Waals surface area contributed by atoms with Crippen LogP contribution in [0.3, 0.4) is 0 Å². The van der Waals surface area contributed by atoms with E-state index in [0.717, 1.165) is 29.9 Å². The number of aromatic nitrogens is 2. The molecular weight excluding hydrogens is 310 g/mol. The first-order chi connectivity index (χ1) is 11.3. The van der Waals surface area contributed by atoms with E-state index in [9.17, 15) is 4.79 Å². The molecular formula is C17H19N3O2S. The lowest BCUT2D eigenvalue weighted by Gasteiger charge is -2.14. The predicted molar refractivity (Wildman–Crippen MR) is 90.9 cm³/mol. The smallest absolute Gasteiger partial charge is 0.256 e. The molecule has 1 aliphatic rings. The minimum atomic E-state index is -0.146. The largest absolute Gasteiger partial charge is 0.473 e. The maximum Gasteiger partial charge on any atom is 0.256 e. The van der Waals surface area contributed by atoms with Crippen molar-refractivity contribution in [2.24, 2.45) is 0 Å². The highest BCUT2D eigenvalue weighted by molar-refractivity contribution is 7.99. The van der Waals surface area contributed by atoms with Gasteiger partial charge in [-0.05, 0) is 48.4 Å². The topological polar surface area (TPSA) is 64.1 Å². The Hall–Kier alpha value is -2.08. The molecule has 0 saturated carbocycles. The van der Waals surface area contributed by atoms with Crippen LogP contribution in [0.2, 0.25) is 0 Å². The lowest BCUT2D eigenvalue weighted by molar-refractivity contribution is 0.0946. The van der Waals surface area contributed by atoms with E-state index in [0.29, 0.717) is 18.0 Å². The molecule has 2 aromatic heterocycles. The number of nitrogens with zero attached hydrogens (tertiary/aromatic N) is 2. The summed E-state index contributed by atoms with van der Waals surface area (Å²) in [5, 5.41) is 2.93. The average molecular weight is 329 g/mol. The molecule has 5 nitrogen and oxygen atoms in total. The zero-order chi connectivity index (χ0) is 15.9. The summed E-state index contributed by atoms with van der Waals surface area (Å²) >= 11 is 1.87. The molecule has 1 atom stereocenters. The molecule has 0 spiro atoms. The summed E-state index contributed by atoms with van der Waals surface area (Å²) in [5.41, 5.74) is 1.64. The van der Waals surface area contributed by atoms with E-state index in [1.807, 2.05) is 23.9 Å². The monoisotopic (exact) mass is 329 g/mol. The van der Waals surface area contributed by atoms with Crippen LogP contribution in [0.4, 0.5) is 0 Å². The fourth-order valence-corrected chi connectivity index (χ4v) is 3.48. The highest BCUT2D eigenvalue weighted by Gasteiger charge is 2.21. The van der Waals surface area contributed by atoms with E-state index in [1.54, 1.807) is 30.7 Å². The van der Waals surface area contributed by atoms with Gasteiger partial charge in [-0.15, -0.1) is 0 Å². The third kappa shape index (κ3) is 4.45. The Kier molecular flexibility index (Phi) is 5.47. The van der Waals surface area contributed by atoms with Crippen molar-refractivity contribution in [3.63, 3.8) is 0 Å². The molecule has 120 valence electrons. The molecule has 3 heterocycles. The summed E-state index contributed by atoms with van der Waals surface area (Å²) in [4.78, 5) is 20.6. The van der Waals surface area contributed by atoms with Crippen molar-refractivity contribution in [2.45, 2.75) is 18.9 Å². The lowest BCUT2D eigenvalue weighted by Crippen LogP contribution is -2.27. The highest BCUT2D eigenvalue weighted by atomic mass is 32.2. The Morgan fingerprint density at radius 1 is 1.30 bits per heavy atom. The van der Waals surface area contributed by atoms with E-state index >= 15 is 0 Å². The molecule has 2 aromatic rings. The molecule has 0 aromatic carbocycles. The van der Waals surface area contributed by atoms with Gasteiger partial charge >= 0.3 is 0 Å². The number of ether oxygens (including phenoxy) is 1. The SMILES string of the molecule is O=C(NCCc1ccncc1)c1cccnc1OC1CCSC1. The first kappa shape index (κ1) is 15.8. The van der Waals surface area contributed by atoms with Gasteiger partial charge in [0, 0.05) is 30.9 Å². The molecule has 23 heavy (non-hydrogen) atoms. The first-order valence-electron chi connectivity index (χ1n) is 7.69. The molecule has 1 saturated heterocycles. The lowest BCUT2D eigenvalue weighted by atomic mass is 10.2. The molecule has 0 bridgehead atoms. The van der Waals surface area contributed by atoms with Gasteiger partial charge in [0.05, 0.1) is 0 Å². The van der Waals surface area contributed by atoms with Gasteiger partial charge in [0.2, 0.25) is 5.88 Å². The number of hydrogen-bond acceptors (Lipinski definition) is 5. The summed E-state index contributed by atoms with van der Waals surface area (Å²) < 4.78 is 5.89. The summed E-state index contributed by atoms with van der Waals surface area (Å²) in [6, 6.07) is 7.41. The number of thioether (sulfide) groups is 1. The maximum atomic E-state index is 12.4. The minimum Gasteiger partial charge on any atom is -0.473 e. The van der Waals surface area contributed by atoms with Crippen LogP contribution in [-0.4, -0.2) is 40.0 Å². The third-order valence-corrected chi connectivity index (χ3v) is 4.76. The number of hydrogen-bond donors (Lipinski definition) is 1. The predicted octanol–water partition coefficient (Wildman–Crippen LogP) is 2.33. The Bertz CT molecular complexity index is 645. The van der Waals surface area contributed by atoms with Gasteiger partial charge in [0.25, 0.3) is 5.91 Å². The second kappa shape index (κ2) is 7.97. The van der Waals surface area contributed by atoms with Crippen molar-refractivity contribution >= 4 is 17.7 Å². The Morgan fingerprint density at radius 3 is 2.96 bits per heavy atom. The molecule has 1 aliphatic heterocycles. The van der Waals surface area contributed by atoms with Crippen LogP contribution in [0.25, 0.3) is 0 Å². The molecule has 0 aliphatic carbocycles. The van der Waals surface area contributed by atoms with Gasteiger partial charge in [-0.25, -0.2) is 4.98 Å². The fourth-order valence-electron chi connectivity index (χ4n) is 2.39. The standard InChI is InChI=1S/C17H19N3O2S/c21-16(19-10-5-13-3-8-18-9-4-13)15-2-1-7-20-17(15)22-14-6-11-23-12-14/h1-4,7-9,14H,5-6,10-12H2,(H,19,21). The molecule has 1 unspecified atom stereocenters. The second-order valence-electron chi connectivity index (χ2n) is 5.32. The van der Waals surface area contributed by atoms with Gasteiger partial charge in [0.1, 0.15) is 11.7 Å². The van der Waals surface area contributed by atoms with Crippen LogP contribution in [0.5, 0.6) is 5.88 Å². The summed E-state index contributed by atoms with van der Waals surface area (Å²) in [5.74, 6) is 2.35. The van der Waals surface area contributed by atoms with Gasteiger partial charge in [-0.1, -0.05) is 0 Å². The Labute approximate surface area is 139 Å². The van der Waals surface area contributed by atoms with Gasteiger partial charge in [-0.2, -0.15) is 11.8 Å². The summed E-state index contributed by atoms with van der Waals surface area (Å²) in [7, 11) is 0. The molecule has 1 amide bonds. The normalized spacial score (nSPS) is 17.0. The van der Waals surface area contributed by atoms with Gasteiger partial charge < -0.3 is 10.1 Å². The Balaban J connectivity index is 1.58. The van der Waals surface area contributed by atoms with Crippen LogP contribution in [-0.2, 0) is 6.42 Å². The van der Waals surface area contributed by atoms with Crippen molar-refractivity contribution in [2.75, 3.05) is 18.1 Å². The van der Waals surface area contributed by atoms with Crippen molar-refractivity contribution in [1.29, 1.82) is 0 Å².